The molecule has 0 spiro atoms. The average Bonchev–Trinajstić information content (AvgIpc) is 2.76. The van der Waals surface area contributed by atoms with Gasteiger partial charge in [0.15, 0.2) is 0 Å². The molecule has 2 aromatic carbocycles. The summed E-state index contributed by atoms with van der Waals surface area (Å²) in [5.74, 6) is 7.68. The third kappa shape index (κ3) is 6.13. The van der Waals surface area contributed by atoms with Gasteiger partial charge in [0.05, 0.1) is 0 Å². The summed E-state index contributed by atoms with van der Waals surface area (Å²) in [6, 6.07) is 17.5. The first kappa shape index (κ1) is 20.5. The van der Waals surface area contributed by atoms with Gasteiger partial charge in [-0.15, -0.1) is 0 Å². The molecule has 28 heavy (non-hydrogen) atoms. The van der Waals surface area contributed by atoms with E-state index in [1.807, 2.05) is 0 Å². The van der Waals surface area contributed by atoms with Crippen LogP contribution in [-0.2, 0) is 6.42 Å². The molecule has 0 heterocycles. The van der Waals surface area contributed by atoms with E-state index < -0.39 is 0 Å². The van der Waals surface area contributed by atoms with E-state index in [9.17, 15) is 0 Å². The highest BCUT2D eigenvalue weighted by Gasteiger charge is 2.12. The molecule has 0 fully saturated rings. The van der Waals surface area contributed by atoms with Crippen molar-refractivity contribution < 1.29 is 0 Å². The summed E-state index contributed by atoms with van der Waals surface area (Å²) in [5, 5.41) is 0. The number of rotatable bonds is 7. The van der Waals surface area contributed by atoms with E-state index in [0.717, 1.165) is 24.3 Å². The topological polar surface area (TPSA) is 0 Å². The zero-order valence-electron chi connectivity index (χ0n) is 17.6. The van der Waals surface area contributed by atoms with Crippen LogP contribution < -0.4 is 0 Å². The first-order valence-electron chi connectivity index (χ1n) is 11.2. The van der Waals surface area contributed by atoms with Gasteiger partial charge in [0.2, 0.25) is 0 Å². The highest BCUT2D eigenvalue weighted by atomic mass is 14.2. The summed E-state index contributed by atoms with van der Waals surface area (Å²) in [6.07, 6.45) is 14.1. The van der Waals surface area contributed by atoms with Gasteiger partial charge in [-0.3, -0.25) is 0 Å². The van der Waals surface area contributed by atoms with Crippen LogP contribution in [0.2, 0.25) is 0 Å². The van der Waals surface area contributed by atoms with Gasteiger partial charge in [-0.1, -0.05) is 100 Å². The molecule has 146 valence electrons. The van der Waals surface area contributed by atoms with Crippen LogP contribution in [0.15, 0.2) is 60.2 Å². The molecule has 0 N–H and O–H groups in total. The Balaban J connectivity index is 1.53. The molecule has 0 aliphatic heterocycles. The molecule has 0 saturated heterocycles. The van der Waals surface area contributed by atoms with Gasteiger partial charge in [0.25, 0.3) is 0 Å². The number of benzene rings is 2. The van der Waals surface area contributed by atoms with Gasteiger partial charge >= 0.3 is 0 Å². The van der Waals surface area contributed by atoms with Crippen molar-refractivity contribution in [2.45, 2.75) is 71.6 Å². The van der Waals surface area contributed by atoms with Crippen molar-refractivity contribution in [3.63, 3.8) is 0 Å². The average molecular weight is 371 g/mol. The Labute approximate surface area is 172 Å². The number of unbranched alkanes of at least 4 members (excludes halogenated alkanes) is 3. The van der Waals surface area contributed by atoms with Gasteiger partial charge in [0, 0.05) is 5.56 Å². The molecular weight excluding hydrogens is 336 g/mol. The summed E-state index contributed by atoms with van der Waals surface area (Å²) in [4.78, 5) is 0. The van der Waals surface area contributed by atoms with Crippen molar-refractivity contribution in [2.75, 3.05) is 0 Å². The molecule has 0 heteroatoms. The normalized spacial score (nSPS) is 16.2. The second kappa shape index (κ2) is 10.9. The monoisotopic (exact) mass is 370 g/mol. The van der Waals surface area contributed by atoms with Crippen LogP contribution in [0, 0.1) is 17.8 Å². The molecular formula is C28H34. The Hall–Kier alpha value is -2.26. The van der Waals surface area contributed by atoms with E-state index in [2.05, 4.69) is 80.3 Å². The van der Waals surface area contributed by atoms with Crippen LogP contribution in [-0.4, -0.2) is 0 Å². The van der Waals surface area contributed by atoms with Crippen LogP contribution >= 0.6 is 0 Å². The molecule has 0 nitrogen and oxygen atoms in total. The summed E-state index contributed by atoms with van der Waals surface area (Å²) >= 11 is 0. The largest absolute Gasteiger partial charge is 0.0726 e. The van der Waals surface area contributed by atoms with Crippen molar-refractivity contribution in [1.82, 2.24) is 0 Å². The van der Waals surface area contributed by atoms with Gasteiger partial charge in [-0.05, 0) is 66.0 Å². The number of aryl methyl sites for hydroxylation is 1. The Morgan fingerprint density at radius 2 is 1.54 bits per heavy atom. The van der Waals surface area contributed by atoms with Crippen molar-refractivity contribution in [3.05, 3.63) is 71.3 Å². The maximum atomic E-state index is 3.42. The fourth-order valence-electron chi connectivity index (χ4n) is 3.96. The lowest BCUT2D eigenvalue weighted by atomic mass is 9.86. The molecule has 1 atom stereocenters. The minimum atomic E-state index is 0.890. The molecule has 1 aliphatic carbocycles. The standard InChI is InChI=1S/C28H34/c1-3-5-6-7-8-24-9-11-25(12-10-24)13-14-26-17-21-28(22-18-26)27-19-15-23(4-2)16-20-27/h11,15-22,24H,3-10,12H2,1-2H3. The van der Waals surface area contributed by atoms with Crippen molar-refractivity contribution in [3.8, 4) is 23.0 Å². The Morgan fingerprint density at radius 3 is 2.14 bits per heavy atom. The minimum Gasteiger partial charge on any atom is -0.0726 e. The Bertz CT molecular complexity index is 809. The molecule has 0 saturated carbocycles. The minimum absolute atomic E-state index is 0.890. The lowest BCUT2D eigenvalue weighted by molar-refractivity contribution is 0.417. The van der Waals surface area contributed by atoms with Crippen molar-refractivity contribution in [2.24, 2.45) is 5.92 Å². The SMILES string of the molecule is CCCCCCC1CC=C(C#Cc2ccc(-c3ccc(CC)cc3)cc2)CC1. The number of hydrogen-bond donors (Lipinski definition) is 0. The molecule has 0 radical (unpaired) electrons. The van der Waals surface area contributed by atoms with E-state index in [0.29, 0.717) is 0 Å². The van der Waals surface area contributed by atoms with Gasteiger partial charge < -0.3 is 0 Å². The molecule has 1 unspecified atom stereocenters. The van der Waals surface area contributed by atoms with Gasteiger partial charge in [-0.25, -0.2) is 0 Å². The zero-order chi connectivity index (χ0) is 19.6. The third-order valence-corrected chi connectivity index (χ3v) is 5.93. The highest BCUT2D eigenvalue weighted by molar-refractivity contribution is 5.64. The molecule has 0 aromatic heterocycles. The summed E-state index contributed by atoms with van der Waals surface area (Å²) in [7, 11) is 0. The Morgan fingerprint density at radius 1 is 0.821 bits per heavy atom. The predicted molar refractivity (Wildman–Crippen MR) is 122 cm³/mol. The third-order valence-electron chi connectivity index (χ3n) is 5.93. The summed E-state index contributed by atoms with van der Waals surface area (Å²) < 4.78 is 0. The molecule has 0 amide bonds. The summed E-state index contributed by atoms with van der Waals surface area (Å²) in [5.41, 5.74) is 6.36. The van der Waals surface area contributed by atoms with Crippen LogP contribution in [0.5, 0.6) is 0 Å². The fourth-order valence-corrected chi connectivity index (χ4v) is 3.96. The van der Waals surface area contributed by atoms with E-state index in [4.69, 9.17) is 0 Å². The quantitative estimate of drug-likeness (QED) is 0.342. The molecule has 2 aromatic rings. The van der Waals surface area contributed by atoms with Crippen molar-refractivity contribution in [1.29, 1.82) is 0 Å². The van der Waals surface area contributed by atoms with Crippen LogP contribution in [0.25, 0.3) is 11.1 Å². The lowest BCUT2D eigenvalue weighted by Crippen LogP contribution is -2.05. The van der Waals surface area contributed by atoms with Crippen molar-refractivity contribution >= 4 is 0 Å². The van der Waals surface area contributed by atoms with E-state index in [-0.39, 0.29) is 0 Å². The van der Waals surface area contributed by atoms with Crippen LogP contribution in [0.1, 0.15) is 76.3 Å². The maximum absolute atomic E-state index is 3.42. The summed E-state index contributed by atoms with van der Waals surface area (Å²) in [6.45, 7) is 4.48. The van der Waals surface area contributed by atoms with E-state index in [1.165, 1.54) is 67.2 Å². The van der Waals surface area contributed by atoms with Crippen LogP contribution in [0.4, 0.5) is 0 Å². The fraction of sp³-hybridized carbons (Fsp3) is 0.429. The van der Waals surface area contributed by atoms with Crippen LogP contribution in [0.3, 0.4) is 0 Å². The number of hydrogen-bond acceptors (Lipinski definition) is 0. The Kier molecular flexibility index (Phi) is 7.98. The predicted octanol–water partition coefficient (Wildman–Crippen LogP) is 7.96. The first-order chi connectivity index (χ1) is 13.8. The molecule has 3 rings (SSSR count). The zero-order valence-corrected chi connectivity index (χ0v) is 17.6. The maximum Gasteiger partial charge on any atom is 0.0249 e. The second-order valence-electron chi connectivity index (χ2n) is 8.10. The van der Waals surface area contributed by atoms with Gasteiger partial charge in [-0.2, -0.15) is 0 Å². The number of allylic oxidation sites excluding steroid dienone is 2. The van der Waals surface area contributed by atoms with E-state index >= 15 is 0 Å². The molecule has 1 aliphatic rings. The lowest BCUT2D eigenvalue weighted by Gasteiger charge is -2.19. The van der Waals surface area contributed by atoms with Gasteiger partial charge in [0.1, 0.15) is 0 Å². The first-order valence-corrected chi connectivity index (χ1v) is 11.2. The smallest absolute Gasteiger partial charge is 0.0249 e. The van der Waals surface area contributed by atoms with E-state index in [1.54, 1.807) is 0 Å². The second-order valence-corrected chi connectivity index (χ2v) is 8.10. The highest BCUT2D eigenvalue weighted by Crippen LogP contribution is 2.27. The molecule has 0 bridgehead atoms.